The molecule has 7 heteroatoms. The number of aromatic hydroxyl groups is 1. The largest absolute Gasteiger partial charge is 0.508 e. The van der Waals surface area contributed by atoms with Crippen LogP contribution in [0.25, 0.3) is 11.0 Å². The second kappa shape index (κ2) is 8.70. The summed E-state index contributed by atoms with van der Waals surface area (Å²) in [5.41, 5.74) is 1.33. The van der Waals surface area contributed by atoms with Crippen molar-refractivity contribution in [1.82, 2.24) is 5.32 Å². The van der Waals surface area contributed by atoms with Crippen LogP contribution in [0.2, 0.25) is 0 Å². The van der Waals surface area contributed by atoms with Gasteiger partial charge in [0.25, 0.3) is 0 Å². The monoisotopic (exact) mass is 375 g/mol. The lowest BCUT2D eigenvalue weighted by Crippen LogP contribution is -2.40. The summed E-state index contributed by atoms with van der Waals surface area (Å²) in [6, 6.07) is 2.29. The van der Waals surface area contributed by atoms with Gasteiger partial charge >= 0.3 is 11.6 Å². The molecule has 0 spiro atoms. The van der Waals surface area contributed by atoms with Crippen molar-refractivity contribution < 1.29 is 24.2 Å². The van der Waals surface area contributed by atoms with Crippen molar-refractivity contribution in [2.75, 3.05) is 0 Å². The molecule has 1 aromatic heterocycles. The molecule has 0 aliphatic rings. The first-order valence-corrected chi connectivity index (χ1v) is 9.03. The molecule has 0 aliphatic carbocycles. The zero-order valence-corrected chi connectivity index (χ0v) is 15.8. The van der Waals surface area contributed by atoms with Crippen LogP contribution < -0.4 is 10.9 Å². The number of amides is 1. The van der Waals surface area contributed by atoms with Gasteiger partial charge in [-0.15, -0.1) is 0 Å². The quantitative estimate of drug-likeness (QED) is 0.611. The maximum atomic E-state index is 12.3. The molecule has 27 heavy (non-hydrogen) atoms. The second-order valence-corrected chi connectivity index (χ2v) is 6.68. The van der Waals surface area contributed by atoms with Gasteiger partial charge in [-0.3, -0.25) is 4.79 Å². The van der Waals surface area contributed by atoms with E-state index < -0.39 is 23.5 Å². The summed E-state index contributed by atoms with van der Waals surface area (Å²) < 4.78 is 5.35. The number of nitrogens with one attached hydrogen (secondary N) is 1. The van der Waals surface area contributed by atoms with Crippen molar-refractivity contribution in [3.05, 3.63) is 39.2 Å². The van der Waals surface area contributed by atoms with Gasteiger partial charge in [0.2, 0.25) is 5.91 Å². The fourth-order valence-electron chi connectivity index (χ4n) is 3.04. The molecule has 0 aliphatic heterocycles. The molecule has 0 saturated heterocycles. The average Bonchev–Trinajstić information content (AvgIpc) is 2.61. The Bertz CT molecular complexity index is 915. The van der Waals surface area contributed by atoms with Crippen LogP contribution in [-0.2, 0) is 16.0 Å². The first kappa shape index (κ1) is 20.5. The van der Waals surface area contributed by atoms with Crippen LogP contribution in [-0.4, -0.2) is 28.1 Å². The Morgan fingerprint density at radius 1 is 1.22 bits per heavy atom. The number of carbonyl (C=O) groups is 2. The molecule has 2 rings (SSSR count). The van der Waals surface area contributed by atoms with E-state index in [9.17, 15) is 24.6 Å². The molecular formula is C20H25NO6. The van der Waals surface area contributed by atoms with Crippen LogP contribution >= 0.6 is 0 Å². The number of fused-ring (bicyclic) bond motifs is 1. The minimum absolute atomic E-state index is 0.00984. The minimum Gasteiger partial charge on any atom is -0.508 e. The van der Waals surface area contributed by atoms with Gasteiger partial charge in [0.15, 0.2) is 0 Å². The molecule has 3 N–H and O–H groups in total. The van der Waals surface area contributed by atoms with E-state index in [0.717, 1.165) is 6.42 Å². The molecule has 0 unspecified atom stereocenters. The number of carbonyl (C=O) groups excluding carboxylic acids is 1. The molecular weight excluding hydrogens is 350 g/mol. The number of aliphatic carboxylic acids is 1. The topological polar surface area (TPSA) is 117 Å². The Hall–Kier alpha value is -2.83. The van der Waals surface area contributed by atoms with Crippen LogP contribution in [0.15, 0.2) is 21.3 Å². The number of rotatable bonds is 8. The lowest BCUT2D eigenvalue weighted by atomic mass is 10.00. The van der Waals surface area contributed by atoms with E-state index in [4.69, 9.17) is 4.42 Å². The van der Waals surface area contributed by atoms with E-state index in [2.05, 4.69) is 5.32 Å². The fourth-order valence-corrected chi connectivity index (χ4v) is 3.04. The summed E-state index contributed by atoms with van der Waals surface area (Å²) in [6.07, 6.45) is 2.06. The van der Waals surface area contributed by atoms with Gasteiger partial charge in [-0.25, -0.2) is 9.59 Å². The Morgan fingerprint density at radius 2 is 1.93 bits per heavy atom. The van der Waals surface area contributed by atoms with Gasteiger partial charge < -0.3 is 19.9 Å². The highest BCUT2D eigenvalue weighted by Gasteiger charge is 2.20. The molecule has 0 radical (unpaired) electrons. The number of hydrogen-bond donors (Lipinski definition) is 3. The first-order chi connectivity index (χ1) is 12.8. The van der Waals surface area contributed by atoms with E-state index in [-0.39, 0.29) is 18.6 Å². The Labute approximate surface area is 157 Å². The molecule has 0 saturated carbocycles. The van der Waals surface area contributed by atoms with Crippen molar-refractivity contribution in [2.45, 2.75) is 58.9 Å². The molecule has 0 bridgehead atoms. The number of aryl methyl sites for hydroxylation is 2. The smallest absolute Gasteiger partial charge is 0.339 e. The first-order valence-electron chi connectivity index (χ1n) is 9.03. The normalized spacial score (nSPS) is 12.1. The number of carboxylic acid groups (broad SMARTS) is 1. The Kier molecular flexibility index (Phi) is 6.60. The van der Waals surface area contributed by atoms with Gasteiger partial charge in [-0.1, -0.05) is 19.8 Å². The maximum absolute atomic E-state index is 12.3. The summed E-state index contributed by atoms with van der Waals surface area (Å²) in [7, 11) is 0. The van der Waals surface area contributed by atoms with Crippen LogP contribution in [0.3, 0.4) is 0 Å². The molecule has 0 fully saturated rings. The fraction of sp³-hybridized carbons (Fsp3) is 0.450. The summed E-state index contributed by atoms with van der Waals surface area (Å²) >= 11 is 0. The summed E-state index contributed by atoms with van der Waals surface area (Å²) in [6.45, 7) is 5.38. The SMILES string of the molecule is CCCC[C@H](NC(=O)CCc1c(C)c2ccc(O)c(C)c2oc1=O)C(=O)O. The Balaban J connectivity index is 2.17. The van der Waals surface area contributed by atoms with Gasteiger partial charge in [-0.05, 0) is 44.4 Å². The van der Waals surface area contributed by atoms with Crippen molar-refractivity contribution >= 4 is 22.8 Å². The summed E-state index contributed by atoms with van der Waals surface area (Å²) in [4.78, 5) is 35.7. The number of phenols is 1. The van der Waals surface area contributed by atoms with Gasteiger partial charge in [0.1, 0.15) is 17.4 Å². The zero-order valence-electron chi connectivity index (χ0n) is 15.8. The summed E-state index contributed by atoms with van der Waals surface area (Å²) in [5, 5.41) is 22.2. The molecule has 1 amide bonds. The maximum Gasteiger partial charge on any atom is 0.339 e. The van der Waals surface area contributed by atoms with Crippen molar-refractivity contribution in [1.29, 1.82) is 0 Å². The predicted octanol–water partition coefficient (Wildman–Crippen LogP) is 2.81. The van der Waals surface area contributed by atoms with Crippen molar-refractivity contribution in [3.63, 3.8) is 0 Å². The van der Waals surface area contributed by atoms with E-state index in [0.29, 0.717) is 40.5 Å². The molecule has 7 nitrogen and oxygen atoms in total. The molecule has 2 aromatic rings. The highest BCUT2D eigenvalue weighted by molar-refractivity contribution is 5.86. The van der Waals surface area contributed by atoms with E-state index in [1.165, 1.54) is 6.07 Å². The number of hydrogen-bond acceptors (Lipinski definition) is 5. The summed E-state index contributed by atoms with van der Waals surface area (Å²) in [5.74, 6) is -1.43. The average molecular weight is 375 g/mol. The highest BCUT2D eigenvalue weighted by atomic mass is 16.4. The second-order valence-electron chi connectivity index (χ2n) is 6.68. The third kappa shape index (κ3) is 4.67. The number of carboxylic acids is 1. The lowest BCUT2D eigenvalue weighted by molar-refractivity contribution is -0.142. The van der Waals surface area contributed by atoms with Crippen LogP contribution in [0.5, 0.6) is 5.75 Å². The molecule has 1 atom stereocenters. The molecule has 146 valence electrons. The van der Waals surface area contributed by atoms with Gasteiger partial charge in [-0.2, -0.15) is 0 Å². The van der Waals surface area contributed by atoms with Crippen LogP contribution in [0.4, 0.5) is 0 Å². The zero-order chi connectivity index (χ0) is 20.1. The highest BCUT2D eigenvalue weighted by Crippen LogP contribution is 2.28. The number of benzene rings is 1. The van der Waals surface area contributed by atoms with E-state index in [1.807, 2.05) is 6.92 Å². The number of phenolic OH excluding ortho intramolecular Hbond substituents is 1. The third-order valence-corrected chi connectivity index (χ3v) is 4.76. The third-order valence-electron chi connectivity index (χ3n) is 4.76. The van der Waals surface area contributed by atoms with Crippen molar-refractivity contribution in [3.8, 4) is 5.75 Å². The van der Waals surface area contributed by atoms with Crippen LogP contribution in [0.1, 0.15) is 49.3 Å². The van der Waals surface area contributed by atoms with Gasteiger partial charge in [0.05, 0.1) is 0 Å². The predicted molar refractivity (Wildman–Crippen MR) is 101 cm³/mol. The Morgan fingerprint density at radius 3 is 2.56 bits per heavy atom. The minimum atomic E-state index is -1.06. The van der Waals surface area contributed by atoms with Crippen LogP contribution in [0, 0.1) is 13.8 Å². The standard InChI is InChI=1S/C20H25NO6/c1-4-5-6-15(19(24)25)21-17(23)10-8-14-11(2)13-7-9-16(22)12(3)18(13)27-20(14)26/h7,9,15,22H,4-6,8,10H2,1-3H3,(H,21,23)(H,24,25)/t15-/m0/s1. The van der Waals surface area contributed by atoms with E-state index in [1.54, 1.807) is 19.9 Å². The lowest BCUT2D eigenvalue weighted by Gasteiger charge is -2.14. The molecule has 1 heterocycles. The van der Waals surface area contributed by atoms with Crippen molar-refractivity contribution in [2.24, 2.45) is 0 Å². The van der Waals surface area contributed by atoms with Gasteiger partial charge in [0, 0.05) is 22.9 Å². The van der Waals surface area contributed by atoms with E-state index >= 15 is 0 Å². The number of unbranched alkanes of at least 4 members (excludes halogenated alkanes) is 1. The molecule has 1 aromatic carbocycles.